The number of ether oxygens (including phenoxy) is 1. The summed E-state index contributed by atoms with van der Waals surface area (Å²) in [5, 5.41) is 7.37. The lowest BCUT2D eigenvalue weighted by Gasteiger charge is -2.23. The number of carbonyl (C=O) groups is 2. The number of pyridine rings is 1. The van der Waals surface area contributed by atoms with Gasteiger partial charge >= 0.3 is 0 Å². The minimum atomic E-state index is -0.122. The first kappa shape index (κ1) is 23.5. The van der Waals surface area contributed by atoms with Crippen molar-refractivity contribution < 1.29 is 14.3 Å². The molecule has 2 aliphatic heterocycles. The second kappa shape index (κ2) is 9.60. The van der Waals surface area contributed by atoms with Crippen molar-refractivity contribution in [2.45, 2.75) is 38.0 Å². The number of rotatable bonds is 6. The SMILES string of the molecule is O=C(C[C@@H]1CCOC1)c1cc2c(s1)-c1ccccc1N(C(=O)c1cccc(-c3cn[nH]c3C3CC3)n1)CC2. The van der Waals surface area contributed by atoms with E-state index in [1.165, 1.54) is 0 Å². The topological polar surface area (TPSA) is 88.2 Å². The highest BCUT2D eigenvalue weighted by Crippen LogP contribution is 2.44. The third-order valence-electron chi connectivity index (χ3n) is 7.77. The summed E-state index contributed by atoms with van der Waals surface area (Å²) in [5.74, 6) is 0.891. The monoisotopic (exact) mass is 524 g/mol. The molecule has 7 rings (SSSR count). The third kappa shape index (κ3) is 4.27. The van der Waals surface area contributed by atoms with E-state index in [1.807, 2.05) is 53.6 Å². The largest absolute Gasteiger partial charge is 0.381 e. The molecule has 3 aromatic heterocycles. The van der Waals surface area contributed by atoms with Crippen molar-refractivity contribution >= 4 is 28.7 Å². The summed E-state index contributed by atoms with van der Waals surface area (Å²) >= 11 is 1.55. The molecule has 38 heavy (non-hydrogen) atoms. The van der Waals surface area contributed by atoms with Crippen LogP contribution in [0.1, 0.15) is 63.0 Å². The van der Waals surface area contributed by atoms with Crippen LogP contribution in [-0.2, 0) is 11.2 Å². The van der Waals surface area contributed by atoms with Crippen molar-refractivity contribution in [3.05, 3.63) is 76.6 Å². The van der Waals surface area contributed by atoms with E-state index in [2.05, 4.69) is 10.2 Å². The first-order valence-corrected chi connectivity index (χ1v) is 14.1. The molecule has 192 valence electrons. The molecule has 2 fully saturated rings. The molecule has 1 aliphatic carbocycles. The number of hydrogen-bond acceptors (Lipinski definition) is 6. The van der Waals surface area contributed by atoms with Gasteiger partial charge in [0.05, 0.1) is 22.5 Å². The molecule has 0 spiro atoms. The number of anilines is 1. The van der Waals surface area contributed by atoms with Crippen LogP contribution in [0, 0.1) is 5.92 Å². The number of hydrogen-bond donors (Lipinski definition) is 1. The van der Waals surface area contributed by atoms with Crippen molar-refractivity contribution in [2.75, 3.05) is 24.7 Å². The van der Waals surface area contributed by atoms with Gasteiger partial charge in [0.1, 0.15) is 5.69 Å². The van der Waals surface area contributed by atoms with Crippen molar-refractivity contribution in [2.24, 2.45) is 5.92 Å². The van der Waals surface area contributed by atoms with E-state index in [0.717, 1.165) is 69.4 Å². The molecule has 3 aliphatic rings. The van der Waals surface area contributed by atoms with E-state index in [-0.39, 0.29) is 11.7 Å². The van der Waals surface area contributed by atoms with Gasteiger partial charge in [-0.15, -0.1) is 11.3 Å². The van der Waals surface area contributed by atoms with Crippen molar-refractivity contribution in [1.29, 1.82) is 0 Å². The normalized spacial score (nSPS) is 18.6. The zero-order valence-electron chi connectivity index (χ0n) is 21.0. The summed E-state index contributed by atoms with van der Waals surface area (Å²) < 4.78 is 5.46. The van der Waals surface area contributed by atoms with Gasteiger partial charge < -0.3 is 9.64 Å². The van der Waals surface area contributed by atoms with Gasteiger partial charge in [0.2, 0.25) is 0 Å². The quantitative estimate of drug-likeness (QED) is 0.318. The van der Waals surface area contributed by atoms with Crippen LogP contribution in [0.15, 0.2) is 54.7 Å². The number of aromatic amines is 1. The Morgan fingerprint density at radius 2 is 1.97 bits per heavy atom. The summed E-state index contributed by atoms with van der Waals surface area (Å²) in [4.78, 5) is 35.4. The average molecular weight is 525 g/mol. The average Bonchev–Trinajstić information content (AvgIpc) is 3.30. The molecule has 7 nitrogen and oxygen atoms in total. The van der Waals surface area contributed by atoms with Crippen LogP contribution in [0.5, 0.6) is 0 Å². The molecule has 0 bridgehead atoms. The number of ketones is 1. The van der Waals surface area contributed by atoms with E-state index in [9.17, 15) is 9.59 Å². The predicted molar refractivity (Wildman–Crippen MR) is 147 cm³/mol. The van der Waals surface area contributed by atoms with Gasteiger partial charge in [0.25, 0.3) is 5.91 Å². The molecule has 1 aromatic carbocycles. The van der Waals surface area contributed by atoms with Gasteiger partial charge in [-0.1, -0.05) is 24.3 Å². The van der Waals surface area contributed by atoms with Gasteiger partial charge in [-0.3, -0.25) is 14.7 Å². The summed E-state index contributed by atoms with van der Waals surface area (Å²) in [7, 11) is 0. The molecule has 1 saturated carbocycles. The highest BCUT2D eigenvalue weighted by Gasteiger charge is 2.31. The van der Waals surface area contributed by atoms with Gasteiger partial charge in [-0.05, 0) is 61.4 Å². The fraction of sp³-hybridized carbons (Fsp3) is 0.333. The summed E-state index contributed by atoms with van der Waals surface area (Å²) in [6.45, 7) is 1.95. The second-order valence-electron chi connectivity index (χ2n) is 10.4. The molecular weight excluding hydrogens is 496 g/mol. The van der Waals surface area contributed by atoms with E-state index in [1.54, 1.807) is 17.4 Å². The van der Waals surface area contributed by atoms with Crippen molar-refractivity contribution in [3.63, 3.8) is 0 Å². The van der Waals surface area contributed by atoms with Crippen LogP contribution >= 0.6 is 11.3 Å². The minimum absolute atomic E-state index is 0.122. The van der Waals surface area contributed by atoms with Crippen LogP contribution in [-0.4, -0.2) is 46.6 Å². The van der Waals surface area contributed by atoms with Crippen molar-refractivity contribution in [3.8, 4) is 21.7 Å². The van der Waals surface area contributed by atoms with E-state index < -0.39 is 0 Å². The summed E-state index contributed by atoms with van der Waals surface area (Å²) in [5.41, 5.74) is 6.24. The number of amides is 1. The number of thiophene rings is 1. The van der Waals surface area contributed by atoms with Gasteiger partial charge in [-0.2, -0.15) is 5.10 Å². The number of nitrogens with one attached hydrogen (secondary N) is 1. The molecule has 0 radical (unpaired) electrons. The molecule has 1 atom stereocenters. The molecule has 1 N–H and O–H groups in total. The van der Waals surface area contributed by atoms with Crippen molar-refractivity contribution in [1.82, 2.24) is 15.2 Å². The maximum atomic E-state index is 13.9. The molecule has 0 unspecified atom stereocenters. The Morgan fingerprint density at radius 3 is 2.82 bits per heavy atom. The zero-order chi connectivity index (χ0) is 25.6. The standard InChI is InChI=1S/C30H28N4O3S/c35-26(14-18-11-13-37-17-18)27-15-20-10-12-34(25-7-2-1-4-21(25)29(20)38-27)30(36)24-6-3-5-23(32-24)22-16-31-33-28(22)19-8-9-19/h1-7,15-16,18-19H,8-14,17H2,(H,31,33)/t18-/m0/s1. The second-order valence-corrected chi connectivity index (χ2v) is 11.5. The molecule has 1 saturated heterocycles. The Bertz CT molecular complexity index is 1530. The van der Waals surface area contributed by atoms with Crippen LogP contribution in [0.4, 0.5) is 5.69 Å². The Kier molecular flexibility index (Phi) is 5.93. The fourth-order valence-electron chi connectivity index (χ4n) is 5.58. The Morgan fingerprint density at radius 1 is 1.08 bits per heavy atom. The summed E-state index contributed by atoms with van der Waals surface area (Å²) in [6.07, 6.45) is 6.29. The minimum Gasteiger partial charge on any atom is -0.381 e. The summed E-state index contributed by atoms with van der Waals surface area (Å²) in [6, 6.07) is 15.7. The van der Waals surface area contributed by atoms with Gasteiger partial charge in [0, 0.05) is 53.8 Å². The number of benzene rings is 1. The first-order chi connectivity index (χ1) is 18.7. The van der Waals surface area contributed by atoms with E-state index >= 15 is 0 Å². The van der Waals surface area contributed by atoms with Crippen LogP contribution in [0.3, 0.4) is 0 Å². The molecular formula is C30H28N4O3S. The number of carbonyl (C=O) groups excluding carboxylic acids is 2. The fourth-order valence-corrected chi connectivity index (χ4v) is 6.77. The number of Topliss-reactive ketones (excluding diaryl/α,β-unsaturated/α-hetero) is 1. The molecule has 1 amide bonds. The highest BCUT2D eigenvalue weighted by molar-refractivity contribution is 7.17. The Labute approximate surface area is 224 Å². The lowest BCUT2D eigenvalue weighted by molar-refractivity contribution is 0.0954. The lowest BCUT2D eigenvalue weighted by Crippen LogP contribution is -2.33. The highest BCUT2D eigenvalue weighted by atomic mass is 32.1. The van der Waals surface area contributed by atoms with Crippen LogP contribution in [0.25, 0.3) is 21.7 Å². The van der Waals surface area contributed by atoms with E-state index in [0.29, 0.717) is 43.5 Å². The van der Waals surface area contributed by atoms with Crippen LogP contribution in [0.2, 0.25) is 0 Å². The number of para-hydroxylation sites is 1. The number of aromatic nitrogens is 3. The molecule has 8 heteroatoms. The maximum Gasteiger partial charge on any atom is 0.276 e. The van der Waals surface area contributed by atoms with E-state index in [4.69, 9.17) is 9.72 Å². The Hall–Kier alpha value is -3.62. The Balaban J connectivity index is 1.19. The lowest BCUT2D eigenvalue weighted by atomic mass is 10.0. The number of fused-ring (bicyclic) bond motifs is 3. The third-order valence-corrected chi connectivity index (χ3v) is 9.02. The maximum absolute atomic E-state index is 13.9. The van der Waals surface area contributed by atoms with Gasteiger partial charge in [-0.25, -0.2) is 4.98 Å². The van der Waals surface area contributed by atoms with Crippen LogP contribution < -0.4 is 4.90 Å². The molecule has 5 heterocycles. The smallest absolute Gasteiger partial charge is 0.276 e. The first-order valence-electron chi connectivity index (χ1n) is 13.3. The molecule has 4 aromatic rings. The van der Waals surface area contributed by atoms with Gasteiger partial charge in [0.15, 0.2) is 5.78 Å². The number of H-pyrrole nitrogens is 1. The number of nitrogens with zero attached hydrogens (tertiary/aromatic N) is 3. The zero-order valence-corrected chi connectivity index (χ0v) is 21.8. The predicted octanol–water partition coefficient (Wildman–Crippen LogP) is 5.89.